The summed E-state index contributed by atoms with van der Waals surface area (Å²) in [6, 6.07) is 10.1. The van der Waals surface area contributed by atoms with Crippen LogP contribution in [0.5, 0.6) is 0 Å². The van der Waals surface area contributed by atoms with Gasteiger partial charge in [-0.25, -0.2) is 4.98 Å². The first-order valence-corrected chi connectivity index (χ1v) is 7.21. The van der Waals surface area contributed by atoms with Gasteiger partial charge in [0.2, 0.25) is 0 Å². The Morgan fingerprint density at radius 2 is 2.11 bits per heavy atom. The Kier molecular flexibility index (Phi) is 4.67. The third-order valence-corrected chi connectivity index (χ3v) is 4.19. The number of nitrogens with one attached hydrogen (secondary N) is 1. The van der Waals surface area contributed by atoms with Gasteiger partial charge in [-0.05, 0) is 31.0 Å². The fourth-order valence-corrected chi connectivity index (χ4v) is 2.61. The van der Waals surface area contributed by atoms with E-state index in [4.69, 9.17) is 5.26 Å². The van der Waals surface area contributed by atoms with Crippen LogP contribution in [0, 0.1) is 11.3 Å². The van der Waals surface area contributed by atoms with E-state index >= 15 is 0 Å². The molecular weight excluding hydrogens is 254 g/mol. The van der Waals surface area contributed by atoms with Crippen molar-refractivity contribution in [2.45, 2.75) is 32.9 Å². The van der Waals surface area contributed by atoms with Crippen LogP contribution in [-0.2, 0) is 13.0 Å². The van der Waals surface area contributed by atoms with Crippen molar-refractivity contribution in [3.05, 3.63) is 51.5 Å². The van der Waals surface area contributed by atoms with Gasteiger partial charge >= 0.3 is 0 Å². The Labute approximate surface area is 117 Å². The summed E-state index contributed by atoms with van der Waals surface area (Å²) in [5.41, 5.74) is 1.88. The van der Waals surface area contributed by atoms with Crippen molar-refractivity contribution in [1.82, 2.24) is 10.3 Å². The van der Waals surface area contributed by atoms with E-state index in [9.17, 15) is 0 Å². The molecule has 2 aromatic rings. The standard InChI is InChI=1S/C15H17N3S/c1-3-14-9-18-15(19-14)10-17-11(2)13-6-4-12(8-16)5-7-13/h4-7,9,11,17H,3,10H2,1-2H3. The molecule has 2 rings (SSSR count). The zero-order valence-corrected chi connectivity index (χ0v) is 12.0. The Bertz CT molecular complexity index is 566. The second kappa shape index (κ2) is 6.46. The van der Waals surface area contributed by atoms with E-state index in [-0.39, 0.29) is 6.04 Å². The molecule has 1 heterocycles. The van der Waals surface area contributed by atoms with Gasteiger partial charge in [0.05, 0.1) is 11.6 Å². The van der Waals surface area contributed by atoms with E-state index in [0.29, 0.717) is 5.56 Å². The van der Waals surface area contributed by atoms with E-state index in [1.807, 2.05) is 30.5 Å². The lowest BCUT2D eigenvalue weighted by atomic mass is 10.1. The lowest BCUT2D eigenvalue weighted by Crippen LogP contribution is -2.17. The predicted molar refractivity (Wildman–Crippen MR) is 77.9 cm³/mol. The molecule has 0 amide bonds. The van der Waals surface area contributed by atoms with Gasteiger partial charge in [-0.1, -0.05) is 19.1 Å². The van der Waals surface area contributed by atoms with Crippen molar-refractivity contribution in [2.75, 3.05) is 0 Å². The van der Waals surface area contributed by atoms with Crippen LogP contribution < -0.4 is 5.32 Å². The number of nitriles is 1. The molecule has 3 nitrogen and oxygen atoms in total. The average molecular weight is 271 g/mol. The Morgan fingerprint density at radius 1 is 1.37 bits per heavy atom. The summed E-state index contributed by atoms with van der Waals surface area (Å²) in [5, 5.41) is 13.3. The van der Waals surface area contributed by atoms with Gasteiger partial charge in [-0.15, -0.1) is 11.3 Å². The first-order chi connectivity index (χ1) is 9.22. The van der Waals surface area contributed by atoms with Gasteiger partial charge in [0, 0.05) is 23.7 Å². The number of nitrogens with zero attached hydrogens (tertiary/aromatic N) is 2. The number of thiazole rings is 1. The van der Waals surface area contributed by atoms with Crippen molar-refractivity contribution < 1.29 is 0 Å². The quantitative estimate of drug-likeness (QED) is 0.906. The SMILES string of the molecule is CCc1cnc(CNC(C)c2ccc(C#N)cc2)s1. The molecule has 0 aliphatic rings. The fraction of sp³-hybridized carbons (Fsp3) is 0.333. The summed E-state index contributed by atoms with van der Waals surface area (Å²) in [6.45, 7) is 5.05. The Morgan fingerprint density at radius 3 is 2.68 bits per heavy atom. The van der Waals surface area contributed by atoms with Crippen LogP contribution in [0.3, 0.4) is 0 Å². The molecule has 19 heavy (non-hydrogen) atoms. The minimum absolute atomic E-state index is 0.252. The lowest BCUT2D eigenvalue weighted by molar-refractivity contribution is 0.573. The third kappa shape index (κ3) is 3.63. The fourth-order valence-electron chi connectivity index (χ4n) is 1.80. The van der Waals surface area contributed by atoms with Gasteiger partial charge in [-0.3, -0.25) is 0 Å². The summed E-state index contributed by atoms with van der Waals surface area (Å²) in [6.07, 6.45) is 3.00. The van der Waals surface area contributed by atoms with Gasteiger partial charge in [-0.2, -0.15) is 5.26 Å². The first-order valence-electron chi connectivity index (χ1n) is 6.40. The van der Waals surface area contributed by atoms with E-state index in [0.717, 1.165) is 18.0 Å². The molecule has 1 unspecified atom stereocenters. The maximum Gasteiger partial charge on any atom is 0.107 e. The highest BCUT2D eigenvalue weighted by molar-refractivity contribution is 7.11. The van der Waals surface area contributed by atoms with E-state index in [1.165, 1.54) is 10.4 Å². The third-order valence-electron chi connectivity index (χ3n) is 3.05. The van der Waals surface area contributed by atoms with Gasteiger partial charge in [0.25, 0.3) is 0 Å². The van der Waals surface area contributed by atoms with Crippen LogP contribution in [0.1, 0.15) is 40.9 Å². The summed E-state index contributed by atoms with van der Waals surface area (Å²) in [4.78, 5) is 5.72. The number of benzene rings is 1. The molecule has 0 spiro atoms. The summed E-state index contributed by atoms with van der Waals surface area (Å²) in [5.74, 6) is 0. The maximum atomic E-state index is 8.77. The van der Waals surface area contributed by atoms with Crippen molar-refractivity contribution >= 4 is 11.3 Å². The summed E-state index contributed by atoms with van der Waals surface area (Å²) in [7, 11) is 0. The molecule has 1 aromatic heterocycles. The first kappa shape index (κ1) is 13.7. The molecule has 1 atom stereocenters. The van der Waals surface area contributed by atoms with E-state index < -0.39 is 0 Å². The van der Waals surface area contributed by atoms with Gasteiger partial charge in [0.1, 0.15) is 5.01 Å². The molecule has 0 aliphatic carbocycles. The van der Waals surface area contributed by atoms with Crippen molar-refractivity contribution in [3.63, 3.8) is 0 Å². The van der Waals surface area contributed by atoms with E-state index in [1.54, 1.807) is 11.3 Å². The topological polar surface area (TPSA) is 48.7 Å². The highest BCUT2D eigenvalue weighted by Gasteiger charge is 2.06. The van der Waals surface area contributed by atoms with Crippen LogP contribution in [0.4, 0.5) is 0 Å². The number of rotatable bonds is 5. The average Bonchev–Trinajstić information content (AvgIpc) is 2.93. The smallest absolute Gasteiger partial charge is 0.107 e. The van der Waals surface area contributed by atoms with E-state index in [2.05, 4.69) is 30.2 Å². The van der Waals surface area contributed by atoms with Gasteiger partial charge in [0.15, 0.2) is 0 Å². The number of hydrogen-bond donors (Lipinski definition) is 1. The second-order valence-electron chi connectivity index (χ2n) is 4.41. The monoisotopic (exact) mass is 271 g/mol. The maximum absolute atomic E-state index is 8.77. The Hall–Kier alpha value is -1.70. The zero-order valence-electron chi connectivity index (χ0n) is 11.2. The molecule has 0 bridgehead atoms. The lowest BCUT2D eigenvalue weighted by Gasteiger charge is -2.13. The zero-order chi connectivity index (χ0) is 13.7. The summed E-state index contributed by atoms with van der Waals surface area (Å²) < 4.78 is 0. The molecule has 0 saturated carbocycles. The van der Waals surface area contributed by atoms with Crippen molar-refractivity contribution in [3.8, 4) is 6.07 Å². The molecule has 0 fully saturated rings. The van der Waals surface area contributed by atoms with Gasteiger partial charge < -0.3 is 5.32 Å². The normalized spacial score (nSPS) is 12.1. The van der Waals surface area contributed by atoms with Crippen molar-refractivity contribution in [1.29, 1.82) is 5.26 Å². The molecular formula is C15H17N3S. The highest BCUT2D eigenvalue weighted by Crippen LogP contribution is 2.16. The molecule has 0 radical (unpaired) electrons. The van der Waals surface area contributed by atoms with Crippen LogP contribution in [0.25, 0.3) is 0 Å². The Balaban J connectivity index is 1.93. The minimum atomic E-state index is 0.252. The number of aromatic nitrogens is 1. The molecule has 4 heteroatoms. The number of aryl methyl sites for hydroxylation is 1. The summed E-state index contributed by atoms with van der Waals surface area (Å²) >= 11 is 1.76. The van der Waals surface area contributed by atoms with Crippen LogP contribution in [0.15, 0.2) is 30.5 Å². The van der Waals surface area contributed by atoms with Crippen LogP contribution in [0.2, 0.25) is 0 Å². The van der Waals surface area contributed by atoms with Crippen LogP contribution >= 0.6 is 11.3 Å². The molecule has 98 valence electrons. The molecule has 0 saturated heterocycles. The number of hydrogen-bond acceptors (Lipinski definition) is 4. The predicted octanol–water partition coefficient (Wildman–Crippen LogP) is 3.43. The molecule has 0 aliphatic heterocycles. The highest BCUT2D eigenvalue weighted by atomic mass is 32.1. The van der Waals surface area contributed by atoms with Crippen LogP contribution in [-0.4, -0.2) is 4.98 Å². The second-order valence-corrected chi connectivity index (χ2v) is 5.61. The molecule has 1 aromatic carbocycles. The minimum Gasteiger partial charge on any atom is -0.304 e. The van der Waals surface area contributed by atoms with Crippen molar-refractivity contribution in [2.24, 2.45) is 0 Å². The molecule has 1 N–H and O–H groups in total. The largest absolute Gasteiger partial charge is 0.304 e.